The monoisotopic (exact) mass is 208 g/mol. The predicted octanol–water partition coefficient (Wildman–Crippen LogP) is 2.42. The summed E-state index contributed by atoms with van der Waals surface area (Å²) in [5.41, 5.74) is 1.74. The highest BCUT2D eigenvalue weighted by Crippen LogP contribution is 2.41. The van der Waals surface area contributed by atoms with Gasteiger partial charge in [0.1, 0.15) is 5.54 Å². The van der Waals surface area contributed by atoms with Crippen LogP contribution in [0, 0.1) is 0 Å². The number of fused-ring (bicyclic) bond motifs is 1. The van der Waals surface area contributed by atoms with Crippen LogP contribution in [0.25, 0.3) is 0 Å². The van der Waals surface area contributed by atoms with Crippen LogP contribution in [0.5, 0.6) is 0 Å². The van der Waals surface area contributed by atoms with E-state index in [0.29, 0.717) is 0 Å². The Balaban J connectivity index is 2.01. The third kappa shape index (κ3) is 1.00. The molecule has 74 valence electrons. The summed E-state index contributed by atoms with van der Waals surface area (Å²) >= 11 is 1.62. The van der Waals surface area contributed by atoms with Crippen LogP contribution in [-0.4, -0.2) is 11.4 Å². The summed E-state index contributed by atoms with van der Waals surface area (Å²) in [5.74, 6) is 0.154. The second-order valence-electron chi connectivity index (χ2n) is 4.07. The Morgan fingerprint density at radius 2 is 1.93 bits per heavy atom. The van der Waals surface area contributed by atoms with Crippen LogP contribution >= 0.6 is 11.3 Å². The first-order valence-corrected chi connectivity index (χ1v) is 5.90. The van der Waals surface area contributed by atoms with E-state index < -0.39 is 0 Å². The fourth-order valence-corrected chi connectivity index (χ4v) is 3.09. The molecule has 14 heavy (non-hydrogen) atoms. The maximum absolute atomic E-state index is 11.9. The van der Waals surface area contributed by atoms with Gasteiger partial charge < -0.3 is 10.6 Å². The maximum Gasteiger partial charge on any atom is 0.250 e. The van der Waals surface area contributed by atoms with E-state index in [4.69, 9.17) is 0 Å². The molecule has 1 aliphatic carbocycles. The van der Waals surface area contributed by atoms with E-state index in [1.807, 2.05) is 5.38 Å². The summed E-state index contributed by atoms with van der Waals surface area (Å²) in [6.07, 6.45) is 4.24. The highest BCUT2D eigenvalue weighted by molar-refractivity contribution is 7.09. The standard InChI is InChI=1S/C10H12N2OS/c13-9-10(3-1-2-4-10)12-8-6-14-5-7(8)11-9/h5-6,12H,1-4H2,(H,11,13). The smallest absolute Gasteiger partial charge is 0.250 e. The SMILES string of the molecule is O=C1Nc2cscc2NC12CCCC2. The van der Waals surface area contributed by atoms with Crippen molar-refractivity contribution in [1.82, 2.24) is 0 Å². The van der Waals surface area contributed by atoms with Crippen LogP contribution in [0.2, 0.25) is 0 Å². The number of carbonyl (C=O) groups is 1. The van der Waals surface area contributed by atoms with Crippen LogP contribution in [0.1, 0.15) is 25.7 Å². The minimum atomic E-state index is -0.298. The summed E-state index contributed by atoms with van der Waals surface area (Å²) in [6.45, 7) is 0. The molecule has 3 nitrogen and oxygen atoms in total. The number of thiophene rings is 1. The summed E-state index contributed by atoms with van der Waals surface area (Å²) in [7, 11) is 0. The van der Waals surface area contributed by atoms with Crippen LogP contribution in [0.4, 0.5) is 11.4 Å². The van der Waals surface area contributed by atoms with E-state index >= 15 is 0 Å². The molecule has 0 bridgehead atoms. The lowest BCUT2D eigenvalue weighted by Crippen LogP contribution is -2.50. The first-order chi connectivity index (χ1) is 6.80. The molecule has 1 amide bonds. The summed E-state index contributed by atoms with van der Waals surface area (Å²) in [6, 6.07) is 0. The van der Waals surface area contributed by atoms with Gasteiger partial charge in [-0.25, -0.2) is 0 Å². The Morgan fingerprint density at radius 1 is 1.21 bits per heavy atom. The largest absolute Gasteiger partial charge is 0.369 e. The molecule has 1 saturated carbocycles. The second-order valence-corrected chi connectivity index (χ2v) is 4.81. The molecule has 0 aromatic carbocycles. The molecular formula is C10H12N2OS. The Kier molecular flexibility index (Phi) is 1.62. The second kappa shape index (κ2) is 2.73. The van der Waals surface area contributed by atoms with Crippen molar-refractivity contribution in [2.75, 3.05) is 10.6 Å². The topological polar surface area (TPSA) is 41.1 Å². The average molecular weight is 208 g/mol. The molecule has 3 rings (SSSR count). The molecule has 0 unspecified atom stereocenters. The Morgan fingerprint density at radius 3 is 2.71 bits per heavy atom. The van der Waals surface area contributed by atoms with E-state index in [-0.39, 0.29) is 11.4 Å². The number of hydrogen-bond acceptors (Lipinski definition) is 3. The van der Waals surface area contributed by atoms with E-state index in [2.05, 4.69) is 16.0 Å². The van der Waals surface area contributed by atoms with Crippen molar-refractivity contribution in [3.63, 3.8) is 0 Å². The van der Waals surface area contributed by atoms with Crippen molar-refractivity contribution in [2.45, 2.75) is 31.2 Å². The van der Waals surface area contributed by atoms with E-state index in [9.17, 15) is 4.79 Å². The Labute approximate surface area is 86.5 Å². The van der Waals surface area contributed by atoms with Crippen LogP contribution in [-0.2, 0) is 4.79 Å². The van der Waals surface area contributed by atoms with E-state index in [1.165, 1.54) is 0 Å². The average Bonchev–Trinajstić information content (AvgIpc) is 2.77. The van der Waals surface area contributed by atoms with Gasteiger partial charge in [-0.15, -0.1) is 11.3 Å². The molecule has 1 fully saturated rings. The van der Waals surface area contributed by atoms with Crippen molar-refractivity contribution < 1.29 is 4.79 Å². The highest BCUT2D eigenvalue weighted by Gasteiger charge is 2.44. The van der Waals surface area contributed by atoms with Gasteiger partial charge in [0.25, 0.3) is 0 Å². The van der Waals surface area contributed by atoms with Gasteiger partial charge in [0.2, 0.25) is 5.91 Å². The molecule has 4 heteroatoms. The van der Waals surface area contributed by atoms with Gasteiger partial charge in [0, 0.05) is 10.8 Å². The third-order valence-electron chi connectivity index (χ3n) is 3.18. The van der Waals surface area contributed by atoms with Gasteiger partial charge in [-0.3, -0.25) is 4.79 Å². The normalized spacial score (nSPS) is 23.0. The molecule has 1 aromatic rings. The van der Waals surface area contributed by atoms with Gasteiger partial charge >= 0.3 is 0 Å². The molecule has 1 spiro atoms. The van der Waals surface area contributed by atoms with Gasteiger partial charge in [-0.05, 0) is 12.8 Å². The fraction of sp³-hybridized carbons (Fsp3) is 0.500. The fourth-order valence-electron chi connectivity index (χ4n) is 2.38. The molecular weight excluding hydrogens is 196 g/mol. The first kappa shape index (κ1) is 8.29. The highest BCUT2D eigenvalue weighted by atomic mass is 32.1. The van der Waals surface area contributed by atoms with E-state index in [1.54, 1.807) is 11.3 Å². The summed E-state index contributed by atoms with van der Waals surface area (Å²) < 4.78 is 0. The number of carbonyl (C=O) groups excluding carboxylic acids is 1. The number of amides is 1. The van der Waals surface area contributed by atoms with Gasteiger partial charge in [0.15, 0.2) is 0 Å². The Hall–Kier alpha value is -1.03. The van der Waals surface area contributed by atoms with Crippen molar-refractivity contribution in [3.05, 3.63) is 10.8 Å². The minimum absolute atomic E-state index is 0.154. The number of hydrogen-bond donors (Lipinski definition) is 2. The van der Waals surface area contributed by atoms with Gasteiger partial charge in [-0.1, -0.05) is 12.8 Å². The van der Waals surface area contributed by atoms with Crippen LogP contribution in [0.15, 0.2) is 10.8 Å². The molecule has 2 N–H and O–H groups in total. The summed E-state index contributed by atoms with van der Waals surface area (Å²) in [5, 5.41) is 10.4. The lowest BCUT2D eigenvalue weighted by atomic mass is 9.94. The van der Waals surface area contributed by atoms with Gasteiger partial charge in [0.05, 0.1) is 11.4 Å². The number of rotatable bonds is 0. The zero-order valence-electron chi connectivity index (χ0n) is 7.80. The van der Waals surface area contributed by atoms with Crippen molar-refractivity contribution >= 4 is 28.6 Å². The molecule has 2 aliphatic rings. The lowest BCUT2D eigenvalue weighted by Gasteiger charge is -2.34. The molecule has 0 radical (unpaired) electrons. The lowest BCUT2D eigenvalue weighted by molar-refractivity contribution is -0.120. The third-order valence-corrected chi connectivity index (χ3v) is 3.92. The first-order valence-electron chi connectivity index (χ1n) is 4.96. The van der Waals surface area contributed by atoms with Gasteiger partial charge in [-0.2, -0.15) is 0 Å². The molecule has 0 atom stereocenters. The molecule has 1 aromatic heterocycles. The zero-order valence-corrected chi connectivity index (χ0v) is 8.62. The molecule has 0 saturated heterocycles. The molecule has 2 heterocycles. The van der Waals surface area contributed by atoms with Crippen molar-refractivity contribution in [3.8, 4) is 0 Å². The summed E-state index contributed by atoms with van der Waals surface area (Å²) in [4.78, 5) is 11.9. The minimum Gasteiger partial charge on any atom is -0.369 e. The number of anilines is 2. The van der Waals surface area contributed by atoms with E-state index in [0.717, 1.165) is 37.1 Å². The quantitative estimate of drug-likeness (QED) is 0.687. The van der Waals surface area contributed by atoms with Crippen molar-refractivity contribution in [1.29, 1.82) is 0 Å². The zero-order chi connectivity index (χ0) is 9.60. The van der Waals surface area contributed by atoms with Crippen LogP contribution < -0.4 is 10.6 Å². The molecule has 1 aliphatic heterocycles. The predicted molar refractivity (Wildman–Crippen MR) is 57.8 cm³/mol. The maximum atomic E-state index is 11.9. The van der Waals surface area contributed by atoms with Crippen molar-refractivity contribution in [2.24, 2.45) is 0 Å². The number of nitrogens with one attached hydrogen (secondary N) is 2. The Bertz CT molecular complexity index is 379. The van der Waals surface area contributed by atoms with Crippen LogP contribution in [0.3, 0.4) is 0 Å².